The fourth-order valence-electron chi connectivity index (χ4n) is 3.48. The lowest BCUT2D eigenvalue weighted by Gasteiger charge is -2.35. The maximum Gasteiger partial charge on any atom is 0.246 e. The lowest BCUT2D eigenvalue weighted by Crippen LogP contribution is -2.52. The summed E-state index contributed by atoms with van der Waals surface area (Å²) in [5.74, 6) is -0.206. The number of hydrogen-bond acceptors (Lipinski definition) is 6. The van der Waals surface area contributed by atoms with Crippen molar-refractivity contribution in [3.05, 3.63) is 40.9 Å². The van der Waals surface area contributed by atoms with Crippen molar-refractivity contribution in [1.29, 1.82) is 5.26 Å². The van der Waals surface area contributed by atoms with Crippen LogP contribution >= 0.6 is 11.8 Å². The quantitative estimate of drug-likeness (QED) is 0.797. The van der Waals surface area contributed by atoms with Crippen LogP contribution in [0.3, 0.4) is 0 Å². The summed E-state index contributed by atoms with van der Waals surface area (Å²) in [6.07, 6.45) is 1.28. The van der Waals surface area contributed by atoms with Crippen LogP contribution in [0.15, 0.2) is 40.4 Å². The zero-order valence-corrected chi connectivity index (χ0v) is 15.6. The first-order valence-electron chi connectivity index (χ1n) is 8.92. The van der Waals surface area contributed by atoms with Crippen molar-refractivity contribution in [3.8, 4) is 6.07 Å². The van der Waals surface area contributed by atoms with Crippen LogP contribution < -0.4 is 4.90 Å². The van der Waals surface area contributed by atoms with E-state index in [0.717, 1.165) is 30.4 Å². The molecule has 0 radical (unpaired) electrons. The summed E-state index contributed by atoms with van der Waals surface area (Å²) in [6, 6.07) is 9.17. The maximum atomic E-state index is 12.7. The Bertz CT molecular complexity index is 888. The molecular weight excluding hydrogens is 362 g/mol. The molecule has 1 aromatic carbocycles. The Morgan fingerprint density at radius 1 is 1.22 bits per heavy atom. The third kappa shape index (κ3) is 3.43. The van der Waals surface area contributed by atoms with Gasteiger partial charge in [-0.05, 0) is 24.0 Å². The Morgan fingerprint density at radius 3 is 2.89 bits per heavy atom. The predicted octanol–water partition coefficient (Wildman–Crippen LogP) is 1.77. The van der Waals surface area contributed by atoms with Crippen LogP contribution in [0.1, 0.15) is 18.4 Å². The normalized spacial score (nSPS) is 19.4. The number of anilines is 1. The van der Waals surface area contributed by atoms with Gasteiger partial charge in [-0.15, -0.1) is 0 Å². The first-order valence-corrected chi connectivity index (χ1v) is 9.80. The number of aliphatic imine (C=N–C) groups is 1. The summed E-state index contributed by atoms with van der Waals surface area (Å²) in [6.45, 7) is 2.64. The number of amides is 2. The van der Waals surface area contributed by atoms with Crippen molar-refractivity contribution in [2.45, 2.75) is 12.8 Å². The molecule has 0 atom stereocenters. The molecule has 1 fully saturated rings. The van der Waals surface area contributed by atoms with E-state index < -0.39 is 0 Å². The lowest BCUT2D eigenvalue weighted by atomic mass is 10.1. The van der Waals surface area contributed by atoms with E-state index in [9.17, 15) is 14.9 Å². The number of nitrogens with zero attached hydrogens (tertiary/aromatic N) is 5. The smallest absolute Gasteiger partial charge is 0.246 e. The molecule has 4 rings (SSSR count). The molecule has 0 bridgehead atoms. The molecular formula is C19H19N5O2S. The number of fused-ring (bicyclic) bond motifs is 1. The van der Waals surface area contributed by atoms with Gasteiger partial charge >= 0.3 is 0 Å². The fourth-order valence-corrected chi connectivity index (χ4v) is 4.44. The molecule has 1 saturated heterocycles. The maximum absolute atomic E-state index is 12.7. The Kier molecular flexibility index (Phi) is 4.86. The van der Waals surface area contributed by atoms with Gasteiger partial charge in [-0.1, -0.05) is 23.9 Å². The van der Waals surface area contributed by atoms with E-state index in [1.165, 1.54) is 0 Å². The number of benzene rings is 1. The molecule has 8 heteroatoms. The van der Waals surface area contributed by atoms with E-state index in [2.05, 4.69) is 16.0 Å². The Morgan fingerprint density at radius 2 is 2.07 bits per heavy atom. The van der Waals surface area contributed by atoms with E-state index in [1.54, 1.807) is 39.8 Å². The van der Waals surface area contributed by atoms with Crippen molar-refractivity contribution >= 4 is 34.4 Å². The Hall–Kier alpha value is -2.79. The number of carbonyl (C=O) groups excluding carboxylic acids is 2. The molecule has 1 aromatic rings. The van der Waals surface area contributed by atoms with Crippen molar-refractivity contribution in [2.75, 3.05) is 37.6 Å². The van der Waals surface area contributed by atoms with Gasteiger partial charge in [0.15, 0.2) is 5.17 Å². The highest BCUT2D eigenvalue weighted by Crippen LogP contribution is 2.31. The standard InChI is InChI=1S/C19H19N5O2S/c20-11-14-4-1-2-5-16(14)24-9-8-22(12-18(24)26)17(25)10-15-13-27-19-21-6-3-7-23(15)19/h1-2,4-5,13H,3,6-10,12H2. The zero-order chi connectivity index (χ0) is 18.8. The number of piperazine rings is 1. The number of thioether (sulfide) groups is 1. The van der Waals surface area contributed by atoms with Crippen molar-refractivity contribution in [1.82, 2.24) is 9.80 Å². The molecule has 138 valence electrons. The Labute approximate surface area is 161 Å². The molecule has 3 aliphatic heterocycles. The number of rotatable bonds is 3. The minimum Gasteiger partial charge on any atom is -0.331 e. The molecule has 3 heterocycles. The van der Waals surface area contributed by atoms with Crippen LogP contribution in [0.4, 0.5) is 5.69 Å². The van der Waals surface area contributed by atoms with Gasteiger partial charge in [-0.3, -0.25) is 14.6 Å². The van der Waals surface area contributed by atoms with Crippen LogP contribution in [0.5, 0.6) is 0 Å². The summed E-state index contributed by atoms with van der Waals surface area (Å²) in [5.41, 5.74) is 2.05. The molecule has 7 nitrogen and oxygen atoms in total. The third-order valence-corrected chi connectivity index (χ3v) is 5.84. The first-order chi connectivity index (χ1) is 13.2. The molecule has 0 unspecified atom stereocenters. The number of nitriles is 1. The topological polar surface area (TPSA) is 80.0 Å². The average molecular weight is 381 g/mol. The number of carbonyl (C=O) groups is 2. The Balaban J connectivity index is 1.40. The molecule has 0 aromatic heterocycles. The fraction of sp³-hybridized carbons (Fsp3) is 0.368. The van der Waals surface area contributed by atoms with Gasteiger partial charge in [-0.25, -0.2) is 0 Å². The van der Waals surface area contributed by atoms with Crippen molar-refractivity contribution in [2.24, 2.45) is 4.99 Å². The van der Waals surface area contributed by atoms with E-state index in [-0.39, 0.29) is 24.8 Å². The highest BCUT2D eigenvalue weighted by atomic mass is 32.2. The van der Waals surface area contributed by atoms with Crippen LogP contribution in [0, 0.1) is 11.3 Å². The largest absolute Gasteiger partial charge is 0.331 e. The molecule has 27 heavy (non-hydrogen) atoms. The van der Waals surface area contributed by atoms with E-state index in [0.29, 0.717) is 24.3 Å². The molecule has 0 aliphatic carbocycles. The molecule has 3 aliphatic rings. The van der Waals surface area contributed by atoms with Crippen LogP contribution in [0.2, 0.25) is 0 Å². The minimum absolute atomic E-state index is 0.0416. The monoisotopic (exact) mass is 381 g/mol. The van der Waals surface area contributed by atoms with E-state index in [1.807, 2.05) is 11.5 Å². The molecule has 0 saturated carbocycles. The summed E-state index contributed by atoms with van der Waals surface area (Å²) in [7, 11) is 0. The van der Waals surface area contributed by atoms with Gasteiger partial charge in [0.25, 0.3) is 0 Å². The second-order valence-corrected chi connectivity index (χ2v) is 7.40. The summed E-state index contributed by atoms with van der Waals surface area (Å²) >= 11 is 1.56. The predicted molar refractivity (Wildman–Crippen MR) is 104 cm³/mol. The van der Waals surface area contributed by atoms with Crippen LogP contribution in [0.25, 0.3) is 0 Å². The summed E-state index contributed by atoms with van der Waals surface area (Å²) in [4.78, 5) is 35.1. The average Bonchev–Trinajstić information content (AvgIpc) is 3.11. The lowest BCUT2D eigenvalue weighted by molar-refractivity contribution is -0.136. The first kappa shape index (κ1) is 17.6. The van der Waals surface area contributed by atoms with E-state index >= 15 is 0 Å². The second-order valence-electron chi connectivity index (χ2n) is 6.56. The highest BCUT2D eigenvalue weighted by molar-refractivity contribution is 8.16. The second kappa shape index (κ2) is 7.45. The third-order valence-electron chi connectivity index (χ3n) is 4.89. The van der Waals surface area contributed by atoms with Gasteiger partial charge < -0.3 is 14.7 Å². The number of para-hydroxylation sites is 1. The molecule has 0 N–H and O–H groups in total. The molecule has 0 spiro atoms. The minimum atomic E-state index is -0.160. The SMILES string of the molecule is N#Cc1ccccc1N1CCN(C(=O)CC2=CSC3=NCCCN23)CC1=O. The van der Waals surface area contributed by atoms with Gasteiger partial charge in [-0.2, -0.15) is 5.26 Å². The van der Waals surface area contributed by atoms with Crippen molar-refractivity contribution in [3.63, 3.8) is 0 Å². The van der Waals surface area contributed by atoms with Crippen LogP contribution in [-0.4, -0.2) is 59.5 Å². The molecule has 2 amide bonds. The highest BCUT2D eigenvalue weighted by Gasteiger charge is 2.32. The van der Waals surface area contributed by atoms with Gasteiger partial charge in [0.1, 0.15) is 12.6 Å². The van der Waals surface area contributed by atoms with Crippen LogP contribution in [-0.2, 0) is 9.59 Å². The zero-order valence-electron chi connectivity index (χ0n) is 14.8. The van der Waals surface area contributed by atoms with Gasteiger partial charge in [0.05, 0.1) is 17.7 Å². The number of hydrogen-bond donors (Lipinski definition) is 0. The van der Waals surface area contributed by atoms with Gasteiger partial charge in [0, 0.05) is 31.9 Å². The summed E-state index contributed by atoms with van der Waals surface area (Å²) < 4.78 is 0. The van der Waals surface area contributed by atoms with Gasteiger partial charge in [0.2, 0.25) is 11.8 Å². The van der Waals surface area contributed by atoms with E-state index in [4.69, 9.17) is 0 Å². The summed E-state index contributed by atoms with van der Waals surface area (Å²) in [5, 5.41) is 12.2. The van der Waals surface area contributed by atoms with Crippen molar-refractivity contribution < 1.29 is 9.59 Å². The number of amidine groups is 1.